The summed E-state index contributed by atoms with van der Waals surface area (Å²) in [5, 5.41) is 3.67. The van der Waals surface area contributed by atoms with Crippen LogP contribution in [0.1, 0.15) is 48.2 Å². The number of hydrogen-bond acceptors (Lipinski definition) is 7. The Morgan fingerprint density at radius 1 is 0.841 bits per heavy atom. The summed E-state index contributed by atoms with van der Waals surface area (Å²) in [7, 11) is -1.66. The van der Waals surface area contributed by atoms with Gasteiger partial charge in [0.05, 0.1) is 27.6 Å². The highest BCUT2D eigenvalue weighted by Crippen LogP contribution is 2.36. The average molecular weight is 618 g/mol. The molecular weight excluding hydrogens is 570 g/mol. The molecule has 1 amide bonds. The number of piperazine rings is 1. The Bertz CT molecular complexity index is 1480. The second-order valence-corrected chi connectivity index (χ2v) is 14.0. The summed E-state index contributed by atoms with van der Waals surface area (Å²) >= 11 is 0. The lowest BCUT2D eigenvalue weighted by atomic mass is 10.0. The van der Waals surface area contributed by atoms with Gasteiger partial charge in [-0.15, -0.1) is 0 Å². The van der Waals surface area contributed by atoms with E-state index in [4.69, 9.17) is 0 Å². The third-order valence-corrected chi connectivity index (χ3v) is 10.7. The second kappa shape index (κ2) is 14.6. The molecule has 0 spiro atoms. The highest BCUT2D eigenvalue weighted by Gasteiger charge is 2.30. The normalized spacial score (nSPS) is 17.0. The molecule has 2 aliphatic heterocycles. The van der Waals surface area contributed by atoms with Crippen LogP contribution in [0.25, 0.3) is 0 Å². The molecule has 2 saturated heterocycles. The number of benzene rings is 3. The maximum atomic E-state index is 14.1. The molecule has 236 valence electrons. The van der Waals surface area contributed by atoms with Crippen molar-refractivity contribution in [2.75, 3.05) is 69.6 Å². The maximum absolute atomic E-state index is 14.1. The smallest absolute Gasteiger partial charge is 0.255 e. The number of piperidine rings is 1. The first kappa shape index (κ1) is 32.0. The molecule has 0 aliphatic carbocycles. The van der Waals surface area contributed by atoms with Gasteiger partial charge in [0.25, 0.3) is 5.91 Å². The van der Waals surface area contributed by atoms with Crippen LogP contribution < -0.4 is 10.2 Å². The van der Waals surface area contributed by atoms with E-state index in [0.29, 0.717) is 24.3 Å². The van der Waals surface area contributed by atoms with Crippen molar-refractivity contribution in [3.63, 3.8) is 0 Å². The van der Waals surface area contributed by atoms with Crippen molar-refractivity contribution in [1.29, 1.82) is 0 Å². The summed E-state index contributed by atoms with van der Waals surface area (Å²) < 4.78 is 28.3. The van der Waals surface area contributed by atoms with E-state index < -0.39 is 9.84 Å². The Morgan fingerprint density at radius 2 is 1.43 bits per heavy atom. The molecule has 0 radical (unpaired) electrons. The summed E-state index contributed by atoms with van der Waals surface area (Å²) in [4.78, 5) is 22.9. The summed E-state index contributed by atoms with van der Waals surface area (Å²) in [6.07, 6.45) is 1.82. The van der Waals surface area contributed by atoms with Crippen LogP contribution in [0.2, 0.25) is 0 Å². The maximum Gasteiger partial charge on any atom is 0.255 e. The third kappa shape index (κ3) is 7.81. The number of likely N-dealkylation sites (N-methyl/N-ethyl adjacent to an activating group) is 1. The van der Waals surface area contributed by atoms with Gasteiger partial charge in [0.15, 0.2) is 9.84 Å². The lowest BCUT2D eigenvalue weighted by Gasteiger charge is -2.37. The summed E-state index contributed by atoms with van der Waals surface area (Å²) in [6, 6.07) is 23.6. The zero-order valence-corrected chi connectivity index (χ0v) is 27.2. The van der Waals surface area contributed by atoms with Crippen molar-refractivity contribution < 1.29 is 13.2 Å². The minimum absolute atomic E-state index is 0.120. The van der Waals surface area contributed by atoms with Gasteiger partial charge in [0, 0.05) is 64.9 Å². The molecule has 0 saturated carbocycles. The molecule has 3 aromatic carbocycles. The summed E-state index contributed by atoms with van der Waals surface area (Å²) in [5.74, 6) is -0.244. The van der Waals surface area contributed by atoms with Crippen LogP contribution >= 0.6 is 0 Å². The summed E-state index contributed by atoms with van der Waals surface area (Å²) in [6.45, 7) is 11.2. The van der Waals surface area contributed by atoms with Crippen LogP contribution in [-0.2, 0) is 22.1 Å². The highest BCUT2D eigenvalue weighted by atomic mass is 32.2. The summed E-state index contributed by atoms with van der Waals surface area (Å²) in [5.41, 5.74) is 3.92. The van der Waals surface area contributed by atoms with E-state index in [2.05, 4.69) is 51.3 Å². The number of hydrogen-bond donors (Lipinski definition) is 1. The fourth-order valence-corrected chi connectivity index (χ4v) is 7.81. The lowest BCUT2D eigenvalue weighted by molar-refractivity contribution is 0.0773. The van der Waals surface area contributed by atoms with Crippen molar-refractivity contribution in [3.8, 4) is 0 Å². The number of rotatable bonds is 11. The Morgan fingerprint density at radius 3 is 2.02 bits per heavy atom. The number of likely N-dealkylation sites (tertiary alicyclic amines) is 1. The van der Waals surface area contributed by atoms with Gasteiger partial charge < -0.3 is 20.0 Å². The molecule has 9 heteroatoms. The van der Waals surface area contributed by atoms with Gasteiger partial charge >= 0.3 is 0 Å². The fraction of sp³-hybridized carbons (Fsp3) is 0.457. The number of anilines is 2. The Balaban J connectivity index is 1.49. The van der Waals surface area contributed by atoms with Gasteiger partial charge in [0.2, 0.25) is 0 Å². The molecule has 1 N–H and O–H groups in total. The van der Waals surface area contributed by atoms with E-state index >= 15 is 0 Å². The van der Waals surface area contributed by atoms with Crippen molar-refractivity contribution in [2.24, 2.45) is 0 Å². The predicted molar refractivity (Wildman–Crippen MR) is 179 cm³/mol. The largest absolute Gasteiger partial charge is 0.381 e. The van der Waals surface area contributed by atoms with Crippen molar-refractivity contribution in [3.05, 3.63) is 89.5 Å². The molecule has 0 atom stereocenters. The molecular formula is C35H47N5O3S. The SMILES string of the molecule is CCN(CC)C(=O)c1cc(S(=O)(=O)Cc2ccccc2)c(NC2CCN(Cc3ccccc3)CC2)cc1N1CCN(C)CC1. The molecule has 0 unspecified atom stereocenters. The quantitative estimate of drug-likeness (QED) is 0.326. The standard InChI is InChI=1S/C35H47N5O3S/c1-4-39(5-2)35(41)31-24-34(44(42,43)27-29-14-10-7-11-15-29)32(25-33(31)40-22-20-37(3)21-23-40)36-30-16-18-38(19-17-30)26-28-12-8-6-9-13-28/h6-15,24-25,30,36H,4-5,16-23,26-27H2,1-3H3. The van der Waals surface area contributed by atoms with Crippen LogP contribution in [0.4, 0.5) is 11.4 Å². The van der Waals surface area contributed by atoms with Gasteiger partial charge in [-0.25, -0.2) is 8.42 Å². The molecule has 44 heavy (non-hydrogen) atoms. The number of nitrogens with one attached hydrogen (secondary N) is 1. The monoisotopic (exact) mass is 617 g/mol. The second-order valence-electron chi connectivity index (χ2n) is 12.1. The number of nitrogens with zero attached hydrogens (tertiary/aromatic N) is 4. The fourth-order valence-electron chi connectivity index (χ4n) is 6.27. The van der Waals surface area contributed by atoms with Crippen molar-refractivity contribution >= 4 is 27.1 Å². The number of carbonyl (C=O) groups is 1. The Labute approximate surface area is 263 Å². The van der Waals surface area contributed by atoms with Crippen LogP contribution in [0.3, 0.4) is 0 Å². The van der Waals surface area contributed by atoms with Crippen LogP contribution in [0.5, 0.6) is 0 Å². The predicted octanol–water partition coefficient (Wildman–Crippen LogP) is 4.97. The van der Waals surface area contributed by atoms with Gasteiger partial charge in [-0.2, -0.15) is 0 Å². The van der Waals surface area contributed by atoms with Gasteiger partial charge in [-0.05, 0) is 57.0 Å². The van der Waals surface area contributed by atoms with E-state index in [1.54, 1.807) is 11.0 Å². The molecule has 3 aromatic rings. The van der Waals surface area contributed by atoms with Crippen LogP contribution in [0, 0.1) is 0 Å². The first-order chi connectivity index (χ1) is 21.3. The van der Waals surface area contributed by atoms with E-state index in [1.165, 1.54) is 5.56 Å². The third-order valence-electron chi connectivity index (χ3n) is 8.95. The van der Waals surface area contributed by atoms with Gasteiger partial charge in [0.1, 0.15) is 0 Å². The molecule has 5 rings (SSSR count). The molecule has 2 aliphatic rings. The molecule has 8 nitrogen and oxygen atoms in total. The zero-order valence-electron chi connectivity index (χ0n) is 26.4. The zero-order chi connectivity index (χ0) is 31.1. The highest BCUT2D eigenvalue weighted by molar-refractivity contribution is 7.90. The van der Waals surface area contributed by atoms with E-state index in [9.17, 15) is 13.2 Å². The minimum atomic E-state index is -3.77. The van der Waals surface area contributed by atoms with E-state index in [-0.39, 0.29) is 22.6 Å². The van der Waals surface area contributed by atoms with Crippen molar-refractivity contribution in [1.82, 2.24) is 14.7 Å². The first-order valence-corrected chi connectivity index (χ1v) is 17.6. The molecule has 2 heterocycles. The minimum Gasteiger partial charge on any atom is -0.381 e. The van der Waals surface area contributed by atoms with E-state index in [0.717, 1.165) is 69.9 Å². The number of amides is 1. The van der Waals surface area contributed by atoms with Crippen molar-refractivity contribution in [2.45, 2.75) is 49.9 Å². The van der Waals surface area contributed by atoms with Gasteiger partial charge in [-0.3, -0.25) is 9.69 Å². The number of sulfone groups is 1. The van der Waals surface area contributed by atoms with Gasteiger partial charge in [-0.1, -0.05) is 60.7 Å². The molecule has 2 fully saturated rings. The van der Waals surface area contributed by atoms with E-state index in [1.807, 2.05) is 56.3 Å². The molecule has 0 aromatic heterocycles. The Hall–Kier alpha value is -3.40. The molecule has 0 bridgehead atoms. The average Bonchev–Trinajstić information content (AvgIpc) is 3.03. The van der Waals surface area contributed by atoms with Crippen LogP contribution in [0.15, 0.2) is 77.7 Å². The Kier molecular flexibility index (Phi) is 10.6. The first-order valence-electron chi connectivity index (χ1n) is 16.0. The topological polar surface area (TPSA) is 76.2 Å². The number of carbonyl (C=O) groups excluding carboxylic acids is 1. The van der Waals surface area contributed by atoms with Crippen LogP contribution in [-0.4, -0.2) is 94.5 Å². The lowest BCUT2D eigenvalue weighted by Crippen LogP contribution is -2.45.